The SMILES string of the molecule is O=C(c1cccc(-n2cccc2)c1)N1CCC(c2nccs2)CC1. The Bertz CT molecular complexity index is 803. The van der Waals surface area contributed by atoms with Gasteiger partial charge in [0, 0.05) is 54.2 Å². The molecular weight excluding hydrogens is 318 g/mol. The zero-order valence-corrected chi connectivity index (χ0v) is 14.2. The van der Waals surface area contributed by atoms with Crippen molar-refractivity contribution in [3.63, 3.8) is 0 Å². The molecule has 0 radical (unpaired) electrons. The number of carbonyl (C=O) groups is 1. The molecule has 1 aromatic carbocycles. The van der Waals surface area contributed by atoms with E-state index in [1.165, 1.54) is 5.01 Å². The Balaban J connectivity index is 1.46. The van der Waals surface area contributed by atoms with Gasteiger partial charge in [0.1, 0.15) is 0 Å². The molecule has 0 bridgehead atoms. The summed E-state index contributed by atoms with van der Waals surface area (Å²) in [5, 5.41) is 3.23. The Kier molecular flexibility index (Phi) is 4.17. The molecule has 4 rings (SSSR count). The number of benzene rings is 1. The normalized spacial score (nSPS) is 15.6. The van der Waals surface area contributed by atoms with Crippen LogP contribution in [0.4, 0.5) is 0 Å². The summed E-state index contributed by atoms with van der Waals surface area (Å²) >= 11 is 1.72. The van der Waals surface area contributed by atoms with E-state index in [1.54, 1.807) is 11.3 Å². The second-order valence-corrected chi connectivity index (χ2v) is 7.00. The first-order valence-corrected chi connectivity index (χ1v) is 9.11. The average Bonchev–Trinajstić information content (AvgIpc) is 3.35. The van der Waals surface area contributed by atoms with Crippen molar-refractivity contribution in [1.29, 1.82) is 0 Å². The number of nitrogens with zero attached hydrogens (tertiary/aromatic N) is 3. The van der Waals surface area contributed by atoms with Crippen LogP contribution in [0.15, 0.2) is 60.4 Å². The maximum absolute atomic E-state index is 12.8. The molecule has 1 fully saturated rings. The molecule has 0 unspecified atom stereocenters. The Labute approximate surface area is 145 Å². The molecule has 3 heterocycles. The molecule has 2 aromatic heterocycles. The zero-order chi connectivity index (χ0) is 16.4. The summed E-state index contributed by atoms with van der Waals surface area (Å²) in [6.45, 7) is 1.60. The highest BCUT2D eigenvalue weighted by Gasteiger charge is 2.25. The molecule has 1 aliphatic rings. The maximum atomic E-state index is 12.8. The van der Waals surface area contributed by atoms with E-state index in [1.807, 2.05) is 69.8 Å². The van der Waals surface area contributed by atoms with Gasteiger partial charge in [0.05, 0.1) is 5.01 Å². The third-order valence-corrected chi connectivity index (χ3v) is 5.52. The van der Waals surface area contributed by atoms with Gasteiger partial charge in [-0.25, -0.2) is 4.98 Å². The number of carbonyl (C=O) groups excluding carboxylic acids is 1. The lowest BCUT2D eigenvalue weighted by Crippen LogP contribution is -2.37. The van der Waals surface area contributed by atoms with Crippen LogP contribution in [-0.4, -0.2) is 33.4 Å². The molecule has 1 amide bonds. The lowest BCUT2D eigenvalue weighted by Gasteiger charge is -2.31. The van der Waals surface area contributed by atoms with E-state index in [-0.39, 0.29) is 5.91 Å². The van der Waals surface area contributed by atoms with Gasteiger partial charge in [-0.15, -0.1) is 11.3 Å². The second kappa shape index (κ2) is 6.61. The fourth-order valence-electron chi connectivity index (χ4n) is 3.25. The summed E-state index contributed by atoms with van der Waals surface area (Å²) in [6, 6.07) is 11.8. The number of piperidine rings is 1. The van der Waals surface area contributed by atoms with Crippen molar-refractivity contribution in [2.24, 2.45) is 0 Å². The van der Waals surface area contributed by atoms with Crippen LogP contribution in [-0.2, 0) is 0 Å². The highest BCUT2D eigenvalue weighted by molar-refractivity contribution is 7.09. The predicted octanol–water partition coefficient (Wildman–Crippen LogP) is 3.95. The van der Waals surface area contributed by atoms with Crippen LogP contribution in [0.5, 0.6) is 0 Å². The lowest BCUT2D eigenvalue weighted by atomic mass is 9.97. The van der Waals surface area contributed by atoms with Crippen LogP contribution in [0.2, 0.25) is 0 Å². The number of hydrogen-bond donors (Lipinski definition) is 0. The van der Waals surface area contributed by atoms with Crippen molar-refractivity contribution >= 4 is 17.2 Å². The van der Waals surface area contributed by atoms with Gasteiger partial charge >= 0.3 is 0 Å². The minimum atomic E-state index is 0.126. The molecule has 0 N–H and O–H groups in total. The summed E-state index contributed by atoms with van der Waals surface area (Å²) in [5.41, 5.74) is 1.78. The number of rotatable bonds is 3. The molecule has 122 valence electrons. The monoisotopic (exact) mass is 337 g/mol. The van der Waals surface area contributed by atoms with Gasteiger partial charge in [-0.2, -0.15) is 0 Å². The highest BCUT2D eigenvalue weighted by atomic mass is 32.1. The van der Waals surface area contributed by atoms with Crippen molar-refractivity contribution in [3.05, 3.63) is 70.9 Å². The van der Waals surface area contributed by atoms with E-state index in [0.29, 0.717) is 5.92 Å². The Morgan fingerprint density at radius 3 is 2.62 bits per heavy atom. The number of amides is 1. The molecule has 24 heavy (non-hydrogen) atoms. The van der Waals surface area contributed by atoms with E-state index in [0.717, 1.165) is 37.2 Å². The molecule has 0 atom stereocenters. The van der Waals surface area contributed by atoms with Gasteiger partial charge in [-0.3, -0.25) is 4.79 Å². The van der Waals surface area contributed by atoms with Crippen LogP contribution in [0.3, 0.4) is 0 Å². The lowest BCUT2D eigenvalue weighted by molar-refractivity contribution is 0.0713. The van der Waals surface area contributed by atoms with Crippen molar-refractivity contribution in [1.82, 2.24) is 14.5 Å². The van der Waals surface area contributed by atoms with Gasteiger partial charge in [-0.05, 0) is 43.2 Å². The average molecular weight is 337 g/mol. The standard InChI is InChI=1S/C19H19N3OS/c23-19(16-4-3-5-17(14-16)21-9-1-2-10-21)22-11-6-15(7-12-22)18-20-8-13-24-18/h1-5,8-10,13-15H,6-7,11-12H2. The fourth-order valence-corrected chi connectivity index (χ4v) is 4.07. The van der Waals surface area contributed by atoms with Crippen molar-refractivity contribution in [2.45, 2.75) is 18.8 Å². The van der Waals surface area contributed by atoms with Crippen LogP contribution in [0, 0.1) is 0 Å². The molecule has 3 aromatic rings. The molecule has 5 heteroatoms. The van der Waals surface area contributed by atoms with E-state index < -0.39 is 0 Å². The topological polar surface area (TPSA) is 38.1 Å². The maximum Gasteiger partial charge on any atom is 0.253 e. The molecular formula is C19H19N3OS. The second-order valence-electron chi connectivity index (χ2n) is 6.08. The third-order valence-electron chi connectivity index (χ3n) is 4.58. The van der Waals surface area contributed by atoms with E-state index in [4.69, 9.17) is 0 Å². The number of thiazole rings is 1. The van der Waals surface area contributed by atoms with Crippen molar-refractivity contribution in [3.8, 4) is 5.69 Å². The molecule has 0 saturated carbocycles. The van der Waals surface area contributed by atoms with Gasteiger partial charge in [-0.1, -0.05) is 6.07 Å². The summed E-state index contributed by atoms with van der Waals surface area (Å²) in [5.74, 6) is 0.627. The molecule has 1 aliphatic heterocycles. The summed E-state index contributed by atoms with van der Waals surface area (Å²) < 4.78 is 2.02. The Hall–Kier alpha value is -2.40. The van der Waals surface area contributed by atoms with E-state index >= 15 is 0 Å². The highest BCUT2D eigenvalue weighted by Crippen LogP contribution is 2.29. The predicted molar refractivity (Wildman–Crippen MR) is 95.8 cm³/mol. The van der Waals surface area contributed by atoms with Gasteiger partial charge in [0.2, 0.25) is 0 Å². The van der Waals surface area contributed by atoms with Crippen LogP contribution in [0.25, 0.3) is 5.69 Å². The van der Waals surface area contributed by atoms with Gasteiger partial charge in [0.25, 0.3) is 5.91 Å². The van der Waals surface area contributed by atoms with Crippen molar-refractivity contribution < 1.29 is 4.79 Å². The van der Waals surface area contributed by atoms with Crippen LogP contribution in [0.1, 0.15) is 34.1 Å². The van der Waals surface area contributed by atoms with Gasteiger partial charge in [0.15, 0.2) is 0 Å². The first-order chi connectivity index (χ1) is 11.8. The van der Waals surface area contributed by atoms with E-state index in [2.05, 4.69) is 4.98 Å². The van der Waals surface area contributed by atoms with Gasteiger partial charge < -0.3 is 9.47 Å². The molecule has 0 aliphatic carbocycles. The molecule has 0 spiro atoms. The quantitative estimate of drug-likeness (QED) is 0.726. The first kappa shape index (κ1) is 15.1. The number of hydrogen-bond acceptors (Lipinski definition) is 3. The fraction of sp³-hybridized carbons (Fsp3) is 0.263. The Morgan fingerprint density at radius 1 is 1.12 bits per heavy atom. The van der Waals surface area contributed by atoms with E-state index in [9.17, 15) is 4.79 Å². The minimum Gasteiger partial charge on any atom is -0.339 e. The summed E-state index contributed by atoms with van der Waals surface area (Å²) in [4.78, 5) is 19.2. The van der Waals surface area contributed by atoms with Crippen molar-refractivity contribution in [2.75, 3.05) is 13.1 Å². The first-order valence-electron chi connectivity index (χ1n) is 8.23. The summed E-state index contributed by atoms with van der Waals surface area (Å²) in [7, 11) is 0. The Morgan fingerprint density at radius 2 is 1.92 bits per heavy atom. The van der Waals surface area contributed by atoms with Crippen LogP contribution < -0.4 is 0 Å². The minimum absolute atomic E-state index is 0.126. The van der Waals surface area contributed by atoms with Crippen LogP contribution >= 0.6 is 11.3 Å². The molecule has 4 nitrogen and oxygen atoms in total. The molecule has 1 saturated heterocycles. The third kappa shape index (κ3) is 2.99. The smallest absolute Gasteiger partial charge is 0.253 e. The largest absolute Gasteiger partial charge is 0.339 e. The zero-order valence-electron chi connectivity index (χ0n) is 13.3. The number of likely N-dealkylation sites (tertiary alicyclic amines) is 1. The number of aromatic nitrogens is 2. The summed E-state index contributed by atoms with van der Waals surface area (Å²) in [6.07, 6.45) is 7.84.